The van der Waals surface area contributed by atoms with Crippen LogP contribution in [0.25, 0.3) is 0 Å². The zero-order valence-corrected chi connectivity index (χ0v) is 8.87. The van der Waals surface area contributed by atoms with Gasteiger partial charge in [0.15, 0.2) is 0 Å². The van der Waals surface area contributed by atoms with Gasteiger partial charge < -0.3 is 0 Å². The number of hydrogen-bond donors (Lipinski definition) is 2. The van der Waals surface area contributed by atoms with Gasteiger partial charge in [-0.05, 0) is 30.9 Å². The summed E-state index contributed by atoms with van der Waals surface area (Å²) >= 11 is 5.62. The Kier molecular flexibility index (Phi) is 5.52. The van der Waals surface area contributed by atoms with Gasteiger partial charge in [-0.15, -0.1) is 11.6 Å². The fourth-order valence-electron chi connectivity index (χ4n) is 1.37. The van der Waals surface area contributed by atoms with Gasteiger partial charge in [0.2, 0.25) is 0 Å². The Balaban J connectivity index is 2.40. The molecule has 0 aromatic carbocycles. The maximum Gasteiger partial charge on any atom is 0.0300 e. The average Bonchev–Trinajstić information content (AvgIpc) is 2.25. The molecule has 1 aromatic heterocycles. The minimum absolute atomic E-state index is 0.290. The molecule has 78 valence electrons. The molecule has 0 aliphatic rings. The second-order valence-electron chi connectivity index (χ2n) is 3.26. The van der Waals surface area contributed by atoms with Gasteiger partial charge in [0, 0.05) is 24.3 Å². The lowest BCUT2D eigenvalue weighted by Crippen LogP contribution is -2.36. The van der Waals surface area contributed by atoms with Crippen LogP contribution in [0.2, 0.25) is 0 Å². The summed E-state index contributed by atoms with van der Waals surface area (Å²) in [5.41, 5.74) is 4.00. The van der Waals surface area contributed by atoms with Crippen molar-refractivity contribution in [2.75, 3.05) is 5.88 Å². The number of hydrazine groups is 1. The third-order valence-corrected chi connectivity index (χ3v) is 2.39. The highest BCUT2D eigenvalue weighted by atomic mass is 35.5. The number of hydrogen-bond acceptors (Lipinski definition) is 3. The van der Waals surface area contributed by atoms with Crippen molar-refractivity contribution in [1.82, 2.24) is 10.4 Å². The van der Waals surface area contributed by atoms with Crippen molar-refractivity contribution in [3.63, 3.8) is 0 Å². The van der Waals surface area contributed by atoms with Crippen molar-refractivity contribution < 1.29 is 0 Å². The van der Waals surface area contributed by atoms with Crippen molar-refractivity contribution in [3.8, 4) is 0 Å². The lowest BCUT2D eigenvalue weighted by Gasteiger charge is -2.14. The van der Waals surface area contributed by atoms with E-state index in [2.05, 4.69) is 16.5 Å². The van der Waals surface area contributed by atoms with E-state index in [1.807, 2.05) is 12.3 Å². The van der Waals surface area contributed by atoms with E-state index in [-0.39, 0.29) is 6.04 Å². The molecular weight excluding hydrogens is 198 g/mol. The normalized spacial score (nSPS) is 12.7. The van der Waals surface area contributed by atoms with Crippen LogP contribution in [0.1, 0.15) is 18.4 Å². The van der Waals surface area contributed by atoms with E-state index in [4.69, 9.17) is 17.4 Å². The van der Waals surface area contributed by atoms with Gasteiger partial charge in [-0.25, -0.2) is 0 Å². The third kappa shape index (κ3) is 4.05. The van der Waals surface area contributed by atoms with Gasteiger partial charge in [0.05, 0.1) is 0 Å². The summed E-state index contributed by atoms with van der Waals surface area (Å²) in [6.07, 6.45) is 6.52. The number of nitrogens with one attached hydrogen (secondary N) is 1. The molecule has 0 aliphatic carbocycles. The molecule has 0 bridgehead atoms. The van der Waals surface area contributed by atoms with Crippen LogP contribution in [0.5, 0.6) is 0 Å². The third-order valence-electron chi connectivity index (χ3n) is 2.13. The van der Waals surface area contributed by atoms with Gasteiger partial charge in [-0.2, -0.15) is 0 Å². The smallest absolute Gasteiger partial charge is 0.0300 e. The van der Waals surface area contributed by atoms with Crippen molar-refractivity contribution >= 4 is 11.6 Å². The first-order valence-corrected chi connectivity index (χ1v) is 5.31. The maximum absolute atomic E-state index is 5.62. The molecule has 0 aliphatic heterocycles. The van der Waals surface area contributed by atoms with Crippen LogP contribution >= 0.6 is 11.6 Å². The summed E-state index contributed by atoms with van der Waals surface area (Å²) in [4.78, 5) is 4.06. The molecule has 0 amide bonds. The van der Waals surface area contributed by atoms with Crippen molar-refractivity contribution in [2.24, 2.45) is 5.84 Å². The van der Waals surface area contributed by atoms with Crippen molar-refractivity contribution in [3.05, 3.63) is 30.1 Å². The predicted molar refractivity (Wildman–Crippen MR) is 59.0 cm³/mol. The number of pyridine rings is 1. The maximum atomic E-state index is 5.62. The Bertz CT molecular complexity index is 240. The fraction of sp³-hybridized carbons (Fsp3) is 0.500. The van der Waals surface area contributed by atoms with Crippen LogP contribution in [0.3, 0.4) is 0 Å². The molecule has 0 saturated heterocycles. The van der Waals surface area contributed by atoms with E-state index in [9.17, 15) is 0 Å². The summed E-state index contributed by atoms with van der Waals surface area (Å²) in [5, 5.41) is 0. The van der Waals surface area contributed by atoms with Gasteiger partial charge in [-0.1, -0.05) is 6.07 Å². The topological polar surface area (TPSA) is 50.9 Å². The zero-order chi connectivity index (χ0) is 10.2. The minimum Gasteiger partial charge on any atom is -0.271 e. The summed E-state index contributed by atoms with van der Waals surface area (Å²) in [7, 11) is 0. The van der Waals surface area contributed by atoms with Crippen molar-refractivity contribution in [2.45, 2.75) is 25.3 Å². The van der Waals surface area contributed by atoms with E-state index in [0.29, 0.717) is 5.88 Å². The monoisotopic (exact) mass is 213 g/mol. The first-order valence-electron chi connectivity index (χ1n) is 4.78. The van der Waals surface area contributed by atoms with Crippen LogP contribution in [-0.4, -0.2) is 16.9 Å². The quantitative estimate of drug-likeness (QED) is 0.428. The van der Waals surface area contributed by atoms with Crippen LogP contribution in [-0.2, 0) is 6.42 Å². The molecule has 0 saturated carbocycles. The molecule has 1 atom stereocenters. The first kappa shape index (κ1) is 11.4. The van der Waals surface area contributed by atoms with E-state index >= 15 is 0 Å². The lowest BCUT2D eigenvalue weighted by molar-refractivity contribution is 0.486. The van der Waals surface area contributed by atoms with Gasteiger partial charge in [0.25, 0.3) is 0 Å². The number of rotatable bonds is 6. The zero-order valence-electron chi connectivity index (χ0n) is 8.12. The molecule has 1 rings (SSSR count). The predicted octanol–water partition coefficient (Wildman–Crippen LogP) is 1.47. The largest absolute Gasteiger partial charge is 0.271 e. The fourth-order valence-corrected chi connectivity index (χ4v) is 1.53. The molecule has 0 fully saturated rings. The standard InChI is InChI=1S/C10H16ClN3/c11-5-1-4-10(14-12)7-9-3-2-6-13-8-9/h2-3,6,8,10,14H,1,4-5,7,12H2. The van der Waals surface area contributed by atoms with E-state index < -0.39 is 0 Å². The first-order chi connectivity index (χ1) is 6.86. The van der Waals surface area contributed by atoms with Crippen LogP contribution < -0.4 is 11.3 Å². The minimum atomic E-state index is 0.290. The van der Waals surface area contributed by atoms with E-state index in [1.54, 1.807) is 6.20 Å². The summed E-state index contributed by atoms with van der Waals surface area (Å²) < 4.78 is 0. The van der Waals surface area contributed by atoms with Gasteiger partial charge in [-0.3, -0.25) is 16.3 Å². The van der Waals surface area contributed by atoms with Gasteiger partial charge >= 0.3 is 0 Å². The Morgan fingerprint density at radius 1 is 1.57 bits per heavy atom. The second kappa shape index (κ2) is 6.76. The number of aromatic nitrogens is 1. The molecule has 1 unspecified atom stereocenters. The molecular formula is C10H16ClN3. The summed E-state index contributed by atoms with van der Waals surface area (Å²) in [6, 6.07) is 4.28. The van der Waals surface area contributed by atoms with Crippen LogP contribution in [0.15, 0.2) is 24.5 Å². The van der Waals surface area contributed by atoms with E-state index in [1.165, 1.54) is 5.56 Å². The molecule has 0 spiro atoms. The molecule has 1 aromatic rings. The lowest BCUT2D eigenvalue weighted by atomic mass is 10.0. The van der Waals surface area contributed by atoms with Crippen LogP contribution in [0.4, 0.5) is 0 Å². The Labute approximate surface area is 89.6 Å². The highest BCUT2D eigenvalue weighted by Gasteiger charge is 2.06. The molecule has 3 nitrogen and oxygen atoms in total. The molecule has 0 radical (unpaired) electrons. The number of nitrogens with zero attached hydrogens (tertiary/aromatic N) is 1. The van der Waals surface area contributed by atoms with E-state index in [0.717, 1.165) is 19.3 Å². The van der Waals surface area contributed by atoms with Crippen molar-refractivity contribution in [1.29, 1.82) is 0 Å². The second-order valence-corrected chi connectivity index (χ2v) is 3.64. The highest BCUT2D eigenvalue weighted by Crippen LogP contribution is 2.06. The molecule has 3 N–H and O–H groups in total. The Morgan fingerprint density at radius 2 is 2.43 bits per heavy atom. The van der Waals surface area contributed by atoms with Crippen LogP contribution in [0, 0.1) is 0 Å². The molecule has 14 heavy (non-hydrogen) atoms. The Morgan fingerprint density at radius 3 is 3.00 bits per heavy atom. The SMILES string of the molecule is NNC(CCCCl)Cc1cccnc1. The number of alkyl halides is 1. The number of halogens is 1. The summed E-state index contributed by atoms with van der Waals surface area (Å²) in [5.74, 6) is 6.13. The molecule has 1 heterocycles. The highest BCUT2D eigenvalue weighted by molar-refractivity contribution is 6.17. The summed E-state index contributed by atoms with van der Waals surface area (Å²) in [6.45, 7) is 0. The van der Waals surface area contributed by atoms with Gasteiger partial charge in [0.1, 0.15) is 0 Å². The average molecular weight is 214 g/mol. The Hall–Kier alpha value is -0.640. The number of nitrogens with two attached hydrogens (primary N) is 1. The molecule has 4 heteroatoms.